The van der Waals surface area contributed by atoms with Crippen LogP contribution in [0.2, 0.25) is 0 Å². The molecule has 0 aromatic heterocycles. The first-order chi connectivity index (χ1) is 5.29. The first-order valence-corrected chi connectivity index (χ1v) is 4.10. The summed E-state index contributed by atoms with van der Waals surface area (Å²) < 4.78 is 0. The summed E-state index contributed by atoms with van der Waals surface area (Å²) in [5.41, 5.74) is 2.83. The molecule has 0 fully saturated rings. The van der Waals surface area contributed by atoms with Crippen LogP contribution in [-0.2, 0) is 0 Å². The van der Waals surface area contributed by atoms with Crippen molar-refractivity contribution in [3.63, 3.8) is 0 Å². The minimum absolute atomic E-state index is 0.611. The van der Waals surface area contributed by atoms with Gasteiger partial charge in [-0.3, -0.25) is 0 Å². The van der Waals surface area contributed by atoms with Crippen molar-refractivity contribution in [2.24, 2.45) is 11.8 Å². The Balaban J connectivity index is 2.34. The van der Waals surface area contributed by atoms with Gasteiger partial charge in [0.25, 0.3) is 0 Å². The molecule has 11 heavy (non-hydrogen) atoms. The predicted molar refractivity (Wildman–Crippen MR) is 46.8 cm³/mol. The third kappa shape index (κ3) is 0.917. The van der Waals surface area contributed by atoms with Gasteiger partial charge in [0, 0.05) is 11.6 Å². The standard InChI is InChI=1S/C10H13N/c1-7-3-4-10-9(8(7)2)5-6-11-10/h3-6,8-9,11H,1-2H3. The van der Waals surface area contributed by atoms with Crippen LogP contribution >= 0.6 is 0 Å². The third-order valence-electron chi connectivity index (χ3n) is 2.70. The molecule has 0 saturated heterocycles. The third-order valence-corrected chi connectivity index (χ3v) is 2.70. The summed E-state index contributed by atoms with van der Waals surface area (Å²) in [6.07, 6.45) is 8.67. The maximum absolute atomic E-state index is 3.25. The molecule has 0 saturated carbocycles. The topological polar surface area (TPSA) is 12.0 Å². The van der Waals surface area contributed by atoms with E-state index >= 15 is 0 Å². The van der Waals surface area contributed by atoms with Crippen molar-refractivity contribution in [2.45, 2.75) is 13.8 Å². The molecular weight excluding hydrogens is 134 g/mol. The maximum atomic E-state index is 3.25. The molecule has 0 spiro atoms. The second-order valence-electron chi connectivity index (χ2n) is 3.35. The maximum Gasteiger partial charge on any atom is 0.0249 e. The monoisotopic (exact) mass is 147 g/mol. The molecule has 1 heterocycles. The molecule has 0 aromatic carbocycles. The molecule has 1 nitrogen and oxygen atoms in total. The highest BCUT2D eigenvalue weighted by molar-refractivity contribution is 5.33. The van der Waals surface area contributed by atoms with Crippen LogP contribution in [0.4, 0.5) is 0 Å². The van der Waals surface area contributed by atoms with Crippen LogP contribution < -0.4 is 5.32 Å². The lowest BCUT2D eigenvalue weighted by atomic mass is 9.83. The van der Waals surface area contributed by atoms with Gasteiger partial charge in [-0.25, -0.2) is 0 Å². The Labute approximate surface area is 67.5 Å². The molecule has 58 valence electrons. The number of allylic oxidation sites excluding steroid dienone is 4. The van der Waals surface area contributed by atoms with E-state index in [2.05, 4.69) is 37.4 Å². The molecule has 0 bridgehead atoms. The highest BCUT2D eigenvalue weighted by Gasteiger charge is 2.24. The van der Waals surface area contributed by atoms with Crippen molar-refractivity contribution in [2.75, 3.05) is 0 Å². The summed E-state index contributed by atoms with van der Waals surface area (Å²) in [5, 5.41) is 3.25. The van der Waals surface area contributed by atoms with E-state index in [-0.39, 0.29) is 0 Å². The minimum Gasteiger partial charge on any atom is -0.365 e. The first-order valence-electron chi connectivity index (χ1n) is 4.10. The van der Waals surface area contributed by atoms with E-state index in [1.165, 1.54) is 11.3 Å². The zero-order chi connectivity index (χ0) is 7.84. The smallest absolute Gasteiger partial charge is 0.0249 e. The van der Waals surface area contributed by atoms with E-state index in [4.69, 9.17) is 0 Å². The number of rotatable bonds is 0. The van der Waals surface area contributed by atoms with E-state index in [1.54, 1.807) is 0 Å². The molecule has 0 aromatic rings. The fourth-order valence-corrected chi connectivity index (χ4v) is 1.70. The van der Waals surface area contributed by atoms with Gasteiger partial charge in [0.2, 0.25) is 0 Å². The van der Waals surface area contributed by atoms with Crippen LogP contribution in [0.5, 0.6) is 0 Å². The Morgan fingerprint density at radius 3 is 3.00 bits per heavy atom. The Hall–Kier alpha value is -0.980. The highest BCUT2D eigenvalue weighted by atomic mass is 14.9. The molecule has 2 rings (SSSR count). The van der Waals surface area contributed by atoms with Crippen molar-refractivity contribution < 1.29 is 0 Å². The van der Waals surface area contributed by atoms with Gasteiger partial charge in [0.05, 0.1) is 0 Å². The molecule has 1 aliphatic heterocycles. The van der Waals surface area contributed by atoms with Gasteiger partial charge < -0.3 is 5.32 Å². The largest absolute Gasteiger partial charge is 0.365 e. The molecule has 1 N–H and O–H groups in total. The minimum atomic E-state index is 0.611. The van der Waals surface area contributed by atoms with Crippen molar-refractivity contribution in [3.8, 4) is 0 Å². The zero-order valence-electron chi connectivity index (χ0n) is 6.96. The van der Waals surface area contributed by atoms with Crippen molar-refractivity contribution in [3.05, 3.63) is 35.7 Å². The van der Waals surface area contributed by atoms with Gasteiger partial charge in [-0.15, -0.1) is 0 Å². The lowest BCUT2D eigenvalue weighted by Crippen LogP contribution is -2.17. The number of nitrogens with one attached hydrogen (secondary N) is 1. The number of fused-ring (bicyclic) bond motifs is 1. The van der Waals surface area contributed by atoms with Crippen LogP contribution in [0.15, 0.2) is 35.7 Å². The van der Waals surface area contributed by atoms with Crippen LogP contribution in [0.3, 0.4) is 0 Å². The molecule has 0 amide bonds. The normalized spacial score (nSPS) is 34.0. The fourth-order valence-electron chi connectivity index (χ4n) is 1.70. The van der Waals surface area contributed by atoms with E-state index in [9.17, 15) is 0 Å². The second kappa shape index (κ2) is 2.26. The van der Waals surface area contributed by atoms with Crippen LogP contribution in [0, 0.1) is 11.8 Å². The number of hydrogen-bond donors (Lipinski definition) is 1. The van der Waals surface area contributed by atoms with Gasteiger partial charge in [-0.1, -0.05) is 24.6 Å². The molecule has 2 unspecified atom stereocenters. The SMILES string of the molecule is CC1=CC=C2NC=CC2C1C. The van der Waals surface area contributed by atoms with Crippen LogP contribution in [0.1, 0.15) is 13.8 Å². The van der Waals surface area contributed by atoms with Gasteiger partial charge in [0.1, 0.15) is 0 Å². The van der Waals surface area contributed by atoms with Crippen molar-refractivity contribution in [1.82, 2.24) is 5.32 Å². The average Bonchev–Trinajstić information content (AvgIpc) is 2.45. The van der Waals surface area contributed by atoms with Crippen LogP contribution in [-0.4, -0.2) is 0 Å². The Bertz CT molecular complexity index is 258. The molecule has 2 atom stereocenters. The van der Waals surface area contributed by atoms with Gasteiger partial charge >= 0.3 is 0 Å². The summed E-state index contributed by atoms with van der Waals surface area (Å²) in [5.74, 6) is 1.28. The van der Waals surface area contributed by atoms with Gasteiger partial charge in [-0.2, -0.15) is 0 Å². The fraction of sp³-hybridized carbons (Fsp3) is 0.400. The Morgan fingerprint density at radius 1 is 1.36 bits per heavy atom. The molecule has 0 radical (unpaired) electrons. The van der Waals surface area contributed by atoms with E-state index in [0.717, 1.165) is 0 Å². The molecular formula is C10H13N. The lowest BCUT2D eigenvalue weighted by molar-refractivity contribution is 0.543. The van der Waals surface area contributed by atoms with E-state index in [0.29, 0.717) is 11.8 Å². The molecule has 1 aliphatic carbocycles. The zero-order valence-corrected chi connectivity index (χ0v) is 6.96. The Morgan fingerprint density at radius 2 is 2.18 bits per heavy atom. The Kier molecular flexibility index (Phi) is 1.38. The summed E-state index contributed by atoms with van der Waals surface area (Å²) in [4.78, 5) is 0. The summed E-state index contributed by atoms with van der Waals surface area (Å²) >= 11 is 0. The van der Waals surface area contributed by atoms with E-state index in [1.807, 2.05) is 6.20 Å². The summed E-state index contributed by atoms with van der Waals surface area (Å²) in [7, 11) is 0. The summed E-state index contributed by atoms with van der Waals surface area (Å²) in [6, 6.07) is 0. The second-order valence-corrected chi connectivity index (χ2v) is 3.35. The number of hydrogen-bond acceptors (Lipinski definition) is 1. The van der Waals surface area contributed by atoms with Gasteiger partial charge in [0.15, 0.2) is 0 Å². The average molecular weight is 147 g/mol. The van der Waals surface area contributed by atoms with E-state index < -0.39 is 0 Å². The first kappa shape index (κ1) is 6.71. The predicted octanol–water partition coefficient (Wildman–Crippen LogP) is 2.20. The molecule has 1 heteroatoms. The quantitative estimate of drug-likeness (QED) is 0.554. The van der Waals surface area contributed by atoms with Crippen LogP contribution in [0.25, 0.3) is 0 Å². The van der Waals surface area contributed by atoms with Gasteiger partial charge in [-0.05, 0) is 25.1 Å². The summed E-state index contributed by atoms with van der Waals surface area (Å²) in [6.45, 7) is 4.48. The highest BCUT2D eigenvalue weighted by Crippen LogP contribution is 2.32. The van der Waals surface area contributed by atoms with Crippen molar-refractivity contribution >= 4 is 0 Å². The van der Waals surface area contributed by atoms with Crippen molar-refractivity contribution in [1.29, 1.82) is 0 Å². The molecule has 2 aliphatic rings. The lowest BCUT2D eigenvalue weighted by Gasteiger charge is -2.23.